The minimum atomic E-state index is -0.263. The fourth-order valence-electron chi connectivity index (χ4n) is 6.32. The first kappa shape index (κ1) is 22.4. The molecule has 3 aliphatic rings. The number of nitrogens with zero attached hydrogens (tertiary/aromatic N) is 1. The molecule has 1 aliphatic heterocycles. The number of methoxy groups -OCH3 is 2. The molecule has 0 aromatic heterocycles. The average Bonchev–Trinajstić information content (AvgIpc) is 3.68. The van der Waals surface area contributed by atoms with E-state index in [0.29, 0.717) is 0 Å². The van der Waals surface area contributed by atoms with Crippen molar-refractivity contribution < 1.29 is 14.3 Å². The first-order valence-electron chi connectivity index (χ1n) is 12.4. The summed E-state index contributed by atoms with van der Waals surface area (Å²) in [5, 5.41) is 3.35. The smallest absolute Gasteiger partial charge is 0.251 e. The lowest BCUT2D eigenvalue weighted by molar-refractivity contribution is -0.148. The van der Waals surface area contributed by atoms with Crippen LogP contribution in [0.4, 0.5) is 0 Å². The molecule has 1 amide bonds. The Bertz CT molecular complexity index is 976. The molecular formula is C28H36N2O3. The standard InChI is InChI=1S/C28H36N2O3/c1-32-25-10-6-9-23(17-25)27-15-16-30(19-21-11-12-21)20-28(27,33-2)14-13-24(18-27)29-26(31)22-7-4-3-5-8-22/h3-10,17,21,24H,11-16,18-20H2,1-2H3,(H,29,31)/t24-,27+,28+/m1/s1. The van der Waals surface area contributed by atoms with Crippen LogP contribution in [0.15, 0.2) is 54.6 Å². The molecule has 3 fully saturated rings. The third kappa shape index (κ3) is 4.29. The Morgan fingerprint density at radius 1 is 1.06 bits per heavy atom. The fourth-order valence-corrected chi connectivity index (χ4v) is 6.32. The Morgan fingerprint density at radius 2 is 1.88 bits per heavy atom. The van der Waals surface area contributed by atoms with Gasteiger partial charge in [0.1, 0.15) is 5.75 Å². The Labute approximate surface area is 197 Å². The van der Waals surface area contributed by atoms with Gasteiger partial charge in [0.2, 0.25) is 0 Å². The van der Waals surface area contributed by atoms with Crippen LogP contribution in [0.25, 0.3) is 0 Å². The van der Waals surface area contributed by atoms with Crippen LogP contribution < -0.4 is 10.1 Å². The van der Waals surface area contributed by atoms with Crippen LogP contribution in [0.1, 0.15) is 54.4 Å². The molecule has 1 N–H and O–H groups in total. The van der Waals surface area contributed by atoms with Gasteiger partial charge >= 0.3 is 0 Å². The Morgan fingerprint density at radius 3 is 2.61 bits per heavy atom. The summed E-state index contributed by atoms with van der Waals surface area (Å²) in [5.74, 6) is 1.75. The van der Waals surface area contributed by atoms with Gasteiger partial charge in [-0.2, -0.15) is 0 Å². The van der Waals surface area contributed by atoms with Gasteiger partial charge in [0.25, 0.3) is 5.91 Å². The van der Waals surface area contributed by atoms with Gasteiger partial charge in [-0.05, 0) is 80.8 Å². The van der Waals surface area contributed by atoms with Gasteiger partial charge in [-0.3, -0.25) is 4.79 Å². The quantitative estimate of drug-likeness (QED) is 0.681. The number of hydrogen-bond donors (Lipinski definition) is 1. The number of amides is 1. The summed E-state index contributed by atoms with van der Waals surface area (Å²) in [6.07, 6.45) is 6.50. The van der Waals surface area contributed by atoms with Crippen molar-refractivity contribution in [2.45, 2.75) is 55.6 Å². The van der Waals surface area contributed by atoms with Crippen molar-refractivity contribution in [3.8, 4) is 5.75 Å². The van der Waals surface area contributed by atoms with Gasteiger partial charge in [-0.25, -0.2) is 0 Å². The molecule has 0 spiro atoms. The summed E-state index contributed by atoms with van der Waals surface area (Å²) in [4.78, 5) is 15.6. The molecule has 1 saturated heterocycles. The number of nitrogens with one attached hydrogen (secondary N) is 1. The monoisotopic (exact) mass is 448 g/mol. The largest absolute Gasteiger partial charge is 0.497 e. The van der Waals surface area contributed by atoms with Crippen LogP contribution in [0.2, 0.25) is 0 Å². The molecule has 5 heteroatoms. The van der Waals surface area contributed by atoms with Gasteiger partial charge in [0.05, 0.1) is 12.7 Å². The molecule has 0 unspecified atom stereocenters. The number of carbonyl (C=O) groups excluding carboxylic acids is 1. The van der Waals surface area contributed by atoms with E-state index in [1.54, 1.807) is 7.11 Å². The predicted octanol–water partition coefficient (Wildman–Crippen LogP) is 4.42. The van der Waals surface area contributed by atoms with Crippen molar-refractivity contribution in [1.29, 1.82) is 0 Å². The summed E-state index contributed by atoms with van der Waals surface area (Å²) in [7, 11) is 3.61. The molecule has 2 aromatic rings. The third-order valence-corrected chi connectivity index (χ3v) is 8.30. The molecule has 1 heterocycles. The number of likely N-dealkylation sites (tertiary alicyclic amines) is 1. The average molecular weight is 449 g/mol. The maximum atomic E-state index is 13.0. The van der Waals surface area contributed by atoms with E-state index in [0.717, 1.165) is 56.0 Å². The zero-order valence-electron chi connectivity index (χ0n) is 19.9. The Kier molecular flexibility index (Phi) is 6.19. The molecule has 2 aromatic carbocycles. The molecular weight excluding hydrogens is 412 g/mol. The highest BCUT2D eigenvalue weighted by Crippen LogP contribution is 2.54. The molecule has 176 valence electrons. The number of carbonyl (C=O) groups is 1. The van der Waals surface area contributed by atoms with Crippen LogP contribution in [0.3, 0.4) is 0 Å². The van der Waals surface area contributed by atoms with E-state index in [1.807, 2.05) is 43.5 Å². The number of piperidine rings is 1. The van der Waals surface area contributed by atoms with Crippen molar-refractivity contribution in [2.24, 2.45) is 5.92 Å². The van der Waals surface area contributed by atoms with Crippen molar-refractivity contribution in [1.82, 2.24) is 10.2 Å². The summed E-state index contributed by atoms with van der Waals surface area (Å²) >= 11 is 0. The van der Waals surface area contributed by atoms with E-state index >= 15 is 0 Å². The lowest BCUT2D eigenvalue weighted by Crippen LogP contribution is -2.68. The fraction of sp³-hybridized carbons (Fsp3) is 0.536. The van der Waals surface area contributed by atoms with Gasteiger partial charge in [-0.15, -0.1) is 0 Å². The van der Waals surface area contributed by atoms with Crippen molar-refractivity contribution in [2.75, 3.05) is 33.9 Å². The Balaban J connectivity index is 1.46. The normalized spacial score (nSPS) is 29.8. The van der Waals surface area contributed by atoms with E-state index in [9.17, 15) is 4.79 Å². The van der Waals surface area contributed by atoms with Crippen molar-refractivity contribution in [3.05, 3.63) is 65.7 Å². The van der Waals surface area contributed by atoms with E-state index in [1.165, 1.54) is 24.9 Å². The van der Waals surface area contributed by atoms with Crippen LogP contribution in [0, 0.1) is 5.92 Å². The van der Waals surface area contributed by atoms with Crippen LogP contribution in [-0.2, 0) is 10.2 Å². The number of ether oxygens (including phenoxy) is 2. The molecule has 3 atom stereocenters. The second-order valence-electron chi connectivity index (χ2n) is 10.2. The van der Waals surface area contributed by atoms with Crippen molar-refractivity contribution >= 4 is 5.91 Å². The first-order valence-corrected chi connectivity index (χ1v) is 12.4. The highest BCUT2D eigenvalue weighted by molar-refractivity contribution is 5.94. The van der Waals surface area contributed by atoms with Gasteiger partial charge < -0.3 is 19.7 Å². The number of rotatable bonds is 7. The highest BCUT2D eigenvalue weighted by atomic mass is 16.5. The lowest BCUT2D eigenvalue weighted by atomic mass is 9.55. The van der Waals surface area contributed by atoms with E-state index in [4.69, 9.17) is 9.47 Å². The summed E-state index contributed by atoms with van der Waals surface area (Å²) < 4.78 is 12.1. The van der Waals surface area contributed by atoms with Crippen LogP contribution >= 0.6 is 0 Å². The molecule has 5 nitrogen and oxygen atoms in total. The third-order valence-electron chi connectivity index (χ3n) is 8.30. The molecule has 0 bridgehead atoms. The molecule has 5 rings (SSSR count). The van der Waals surface area contributed by atoms with E-state index < -0.39 is 0 Å². The molecule has 33 heavy (non-hydrogen) atoms. The SMILES string of the molecule is COc1cccc([C@@]23CCN(CC4CC4)C[C@@]2(OC)CC[C@@H](NC(=O)c2ccccc2)C3)c1. The first-order chi connectivity index (χ1) is 16.1. The van der Waals surface area contributed by atoms with Gasteiger partial charge in [-0.1, -0.05) is 30.3 Å². The van der Waals surface area contributed by atoms with E-state index in [-0.39, 0.29) is 23.0 Å². The lowest BCUT2D eigenvalue weighted by Gasteiger charge is -2.60. The molecule has 2 aliphatic carbocycles. The van der Waals surface area contributed by atoms with Crippen molar-refractivity contribution in [3.63, 3.8) is 0 Å². The van der Waals surface area contributed by atoms with Gasteiger partial charge in [0, 0.05) is 37.2 Å². The predicted molar refractivity (Wildman–Crippen MR) is 130 cm³/mol. The second kappa shape index (κ2) is 9.11. The molecule has 2 saturated carbocycles. The minimum absolute atomic E-state index is 0.0116. The van der Waals surface area contributed by atoms with Crippen LogP contribution in [-0.4, -0.2) is 56.3 Å². The topological polar surface area (TPSA) is 50.8 Å². The minimum Gasteiger partial charge on any atom is -0.497 e. The summed E-state index contributed by atoms with van der Waals surface area (Å²) in [5.41, 5.74) is 1.56. The number of fused-ring (bicyclic) bond motifs is 1. The highest BCUT2D eigenvalue weighted by Gasteiger charge is 2.59. The number of benzene rings is 2. The zero-order valence-corrected chi connectivity index (χ0v) is 19.9. The summed E-state index contributed by atoms with van der Waals surface area (Å²) in [6.45, 7) is 3.21. The van der Waals surface area contributed by atoms with Gasteiger partial charge in [0.15, 0.2) is 0 Å². The summed E-state index contributed by atoms with van der Waals surface area (Å²) in [6, 6.07) is 18.2. The maximum Gasteiger partial charge on any atom is 0.251 e. The zero-order chi connectivity index (χ0) is 22.9. The molecule has 0 radical (unpaired) electrons. The second-order valence-corrected chi connectivity index (χ2v) is 10.2. The van der Waals surface area contributed by atoms with E-state index in [2.05, 4.69) is 28.4 Å². The maximum absolute atomic E-state index is 13.0. The number of hydrogen-bond acceptors (Lipinski definition) is 4. The Hall–Kier alpha value is -2.37. The van der Waals surface area contributed by atoms with Crippen LogP contribution in [0.5, 0.6) is 5.75 Å².